The maximum absolute atomic E-state index is 13.5. The van der Waals surface area contributed by atoms with Crippen molar-refractivity contribution >= 4 is 17.5 Å². The normalized spacial score (nSPS) is 17.7. The Kier molecular flexibility index (Phi) is 5.86. The highest BCUT2D eigenvalue weighted by molar-refractivity contribution is 5.96. The number of carbonyl (C=O) groups excluding carboxylic acids is 1. The number of aliphatic hydroxyl groups excluding tert-OH is 1. The van der Waals surface area contributed by atoms with E-state index in [1.165, 1.54) is 0 Å². The number of fused-ring (bicyclic) bond motifs is 1. The monoisotopic (exact) mass is 417 g/mol. The van der Waals surface area contributed by atoms with Crippen LogP contribution < -0.4 is 10.6 Å². The lowest BCUT2D eigenvalue weighted by Gasteiger charge is -2.34. The van der Waals surface area contributed by atoms with E-state index in [4.69, 9.17) is 5.11 Å². The molecule has 0 bridgehead atoms. The Hall–Kier alpha value is -3.45. The molecule has 1 amide bonds. The molecule has 0 fully saturated rings. The number of aliphatic hydroxyl groups is 1. The molecule has 2 aromatic carbocycles. The van der Waals surface area contributed by atoms with E-state index in [9.17, 15) is 4.79 Å². The summed E-state index contributed by atoms with van der Waals surface area (Å²) in [4.78, 5) is 18.0. The molecule has 1 aliphatic heterocycles. The minimum absolute atomic E-state index is 0.0762. The first-order valence-electron chi connectivity index (χ1n) is 10.4. The largest absolute Gasteiger partial charge is 0.396 e. The zero-order valence-electron chi connectivity index (χ0n) is 17.8. The predicted octanol–water partition coefficient (Wildman–Crippen LogP) is 3.60. The molecule has 1 aliphatic rings. The average Bonchev–Trinajstić information content (AvgIpc) is 3.15. The first-order valence-corrected chi connectivity index (χ1v) is 10.4. The van der Waals surface area contributed by atoms with Gasteiger partial charge in [-0.25, -0.2) is 4.68 Å². The van der Waals surface area contributed by atoms with Crippen molar-refractivity contribution in [3.05, 3.63) is 83.3 Å². The summed E-state index contributed by atoms with van der Waals surface area (Å²) in [7, 11) is 0. The van der Waals surface area contributed by atoms with Gasteiger partial charge in [-0.05, 0) is 37.5 Å². The predicted molar refractivity (Wildman–Crippen MR) is 121 cm³/mol. The number of nitrogens with zero attached hydrogens (tertiary/aromatic N) is 3. The Labute approximate surface area is 181 Å². The van der Waals surface area contributed by atoms with Gasteiger partial charge in [-0.2, -0.15) is 10.1 Å². The molecule has 4 rings (SSSR count). The summed E-state index contributed by atoms with van der Waals surface area (Å²) in [6.45, 7) is 8.22. The smallest absolute Gasteiger partial charge is 0.235 e. The molecule has 3 aromatic rings. The topological polar surface area (TPSA) is 92.1 Å². The molecule has 2 heterocycles. The fourth-order valence-corrected chi connectivity index (χ4v) is 3.96. The molecule has 1 aromatic heterocycles. The highest BCUT2D eigenvalue weighted by atomic mass is 16.3. The number of aryl methyl sites for hydroxylation is 3. The van der Waals surface area contributed by atoms with E-state index in [1.807, 2.05) is 56.3 Å². The van der Waals surface area contributed by atoms with Crippen molar-refractivity contribution in [2.24, 2.45) is 5.92 Å². The lowest BCUT2D eigenvalue weighted by atomic mass is 9.87. The minimum Gasteiger partial charge on any atom is -0.396 e. The Morgan fingerprint density at radius 1 is 1.23 bits per heavy atom. The number of amides is 1. The number of carbonyl (C=O) groups is 1. The lowest BCUT2D eigenvalue weighted by molar-refractivity contribution is -0.119. The first-order chi connectivity index (χ1) is 15.0. The van der Waals surface area contributed by atoms with Crippen molar-refractivity contribution in [2.75, 3.05) is 17.2 Å². The van der Waals surface area contributed by atoms with E-state index < -0.39 is 5.92 Å². The Bertz CT molecular complexity index is 1120. The van der Waals surface area contributed by atoms with Gasteiger partial charge in [0.2, 0.25) is 11.9 Å². The number of hydrogen-bond acceptors (Lipinski definition) is 5. The summed E-state index contributed by atoms with van der Waals surface area (Å²) in [6.07, 6.45) is 1.14. The van der Waals surface area contributed by atoms with E-state index in [-0.39, 0.29) is 18.6 Å². The van der Waals surface area contributed by atoms with Gasteiger partial charge in [0, 0.05) is 24.4 Å². The van der Waals surface area contributed by atoms with Gasteiger partial charge in [-0.15, -0.1) is 0 Å². The van der Waals surface area contributed by atoms with E-state index in [1.54, 1.807) is 4.68 Å². The van der Waals surface area contributed by atoms with Crippen molar-refractivity contribution in [3.63, 3.8) is 0 Å². The van der Waals surface area contributed by atoms with Crippen LogP contribution in [0.25, 0.3) is 0 Å². The first kappa shape index (κ1) is 20.8. The van der Waals surface area contributed by atoms with Crippen LogP contribution in [-0.2, 0) is 11.2 Å². The zero-order chi connectivity index (χ0) is 22.0. The van der Waals surface area contributed by atoms with Crippen molar-refractivity contribution in [2.45, 2.75) is 32.7 Å². The number of nitrogens with one attached hydrogen (secondary N) is 2. The third kappa shape index (κ3) is 4.22. The lowest BCUT2D eigenvalue weighted by Crippen LogP contribution is -2.39. The van der Waals surface area contributed by atoms with E-state index in [0.717, 1.165) is 22.4 Å². The van der Waals surface area contributed by atoms with E-state index in [0.29, 0.717) is 30.3 Å². The molecule has 7 nitrogen and oxygen atoms in total. The molecular weight excluding hydrogens is 390 g/mol. The molecule has 31 heavy (non-hydrogen) atoms. The van der Waals surface area contributed by atoms with Crippen LogP contribution in [0.5, 0.6) is 0 Å². The summed E-state index contributed by atoms with van der Waals surface area (Å²) >= 11 is 0. The van der Waals surface area contributed by atoms with E-state index in [2.05, 4.69) is 33.4 Å². The van der Waals surface area contributed by atoms with Crippen LogP contribution in [0.4, 0.5) is 11.6 Å². The third-order valence-electron chi connectivity index (χ3n) is 5.53. The maximum Gasteiger partial charge on any atom is 0.235 e. The molecule has 2 atom stereocenters. The van der Waals surface area contributed by atoms with Gasteiger partial charge in [-0.1, -0.05) is 54.6 Å². The summed E-state index contributed by atoms with van der Waals surface area (Å²) < 4.78 is 1.78. The maximum atomic E-state index is 13.5. The number of hydrogen-bond donors (Lipinski definition) is 3. The fraction of sp³-hybridized carbons (Fsp3) is 0.292. The fourth-order valence-electron chi connectivity index (χ4n) is 3.96. The summed E-state index contributed by atoms with van der Waals surface area (Å²) in [5, 5.41) is 20.1. The number of benzene rings is 2. The summed E-state index contributed by atoms with van der Waals surface area (Å²) in [5.74, 6) is 0.448. The quantitative estimate of drug-likeness (QED) is 0.570. The molecule has 0 radical (unpaired) electrons. The molecule has 0 aliphatic carbocycles. The van der Waals surface area contributed by atoms with Crippen molar-refractivity contribution in [1.29, 1.82) is 0 Å². The number of anilines is 2. The molecule has 7 heteroatoms. The zero-order valence-corrected chi connectivity index (χ0v) is 17.8. The van der Waals surface area contributed by atoms with Crippen molar-refractivity contribution < 1.29 is 9.90 Å². The van der Waals surface area contributed by atoms with Crippen LogP contribution in [0.15, 0.2) is 60.8 Å². The van der Waals surface area contributed by atoms with Crippen LogP contribution in [0, 0.1) is 19.8 Å². The van der Waals surface area contributed by atoms with Gasteiger partial charge in [0.05, 0.1) is 6.04 Å². The SMILES string of the molecule is C=C1Nc2nc(CCCO)nn2[C@H](c2cccc(C)c2)[C@@H]1C(=O)Nc1ccccc1C. The molecule has 160 valence electrons. The molecule has 0 spiro atoms. The van der Waals surface area contributed by atoms with Gasteiger partial charge >= 0.3 is 0 Å². The van der Waals surface area contributed by atoms with Gasteiger partial charge in [-0.3, -0.25) is 4.79 Å². The van der Waals surface area contributed by atoms with Crippen molar-refractivity contribution in [1.82, 2.24) is 14.8 Å². The molecule has 0 saturated carbocycles. The molecule has 3 N–H and O–H groups in total. The third-order valence-corrected chi connectivity index (χ3v) is 5.53. The summed E-state index contributed by atoms with van der Waals surface area (Å²) in [5.41, 5.74) is 4.40. The number of para-hydroxylation sites is 1. The molecule has 0 unspecified atom stereocenters. The standard InChI is InChI=1S/C24H27N5O2/c1-15-8-6-10-18(14-15)22-21(23(31)26-19-11-5-4-9-16(19)2)17(3)25-24-27-20(12-7-13-30)28-29(22)24/h4-6,8-11,14,21-22,30H,3,7,12-13H2,1-2H3,(H,26,31)(H,25,27,28)/t21-,22-/m1/s1. The second kappa shape index (κ2) is 8.73. The minimum atomic E-state index is -0.582. The van der Waals surface area contributed by atoms with Crippen LogP contribution in [-0.4, -0.2) is 32.4 Å². The average molecular weight is 418 g/mol. The van der Waals surface area contributed by atoms with E-state index >= 15 is 0 Å². The second-order valence-electron chi connectivity index (χ2n) is 7.91. The van der Waals surface area contributed by atoms with Crippen LogP contribution in [0.3, 0.4) is 0 Å². The highest BCUT2D eigenvalue weighted by Gasteiger charge is 2.40. The Morgan fingerprint density at radius 3 is 2.77 bits per heavy atom. The van der Waals surface area contributed by atoms with Crippen LogP contribution >= 0.6 is 0 Å². The van der Waals surface area contributed by atoms with Crippen LogP contribution in [0.2, 0.25) is 0 Å². The second-order valence-corrected chi connectivity index (χ2v) is 7.91. The van der Waals surface area contributed by atoms with Crippen molar-refractivity contribution in [3.8, 4) is 0 Å². The van der Waals surface area contributed by atoms with Gasteiger partial charge in [0.25, 0.3) is 0 Å². The Morgan fingerprint density at radius 2 is 2.03 bits per heavy atom. The van der Waals surface area contributed by atoms with Gasteiger partial charge in [0.1, 0.15) is 5.92 Å². The number of aromatic nitrogens is 3. The van der Waals surface area contributed by atoms with Crippen LogP contribution in [0.1, 0.15) is 35.0 Å². The van der Waals surface area contributed by atoms with Gasteiger partial charge < -0.3 is 15.7 Å². The highest BCUT2D eigenvalue weighted by Crippen LogP contribution is 2.38. The summed E-state index contributed by atoms with van der Waals surface area (Å²) in [6, 6.07) is 15.4. The number of rotatable bonds is 6. The Balaban J connectivity index is 1.75. The molecular formula is C24H27N5O2. The molecule has 0 saturated heterocycles. The van der Waals surface area contributed by atoms with Gasteiger partial charge in [0.15, 0.2) is 5.82 Å².